The minimum absolute atomic E-state index is 0.103. The quantitative estimate of drug-likeness (QED) is 0.805. The zero-order valence-electron chi connectivity index (χ0n) is 10.3. The highest BCUT2D eigenvalue weighted by Gasteiger charge is 2.15. The van der Waals surface area contributed by atoms with E-state index in [0.29, 0.717) is 10.6 Å². The van der Waals surface area contributed by atoms with Crippen LogP contribution >= 0.6 is 24.2 Å². The van der Waals surface area contributed by atoms with Crippen LogP contribution in [0.4, 0.5) is 0 Å². The van der Waals surface area contributed by atoms with Crippen LogP contribution in [0.25, 0.3) is 0 Å². The van der Waals surface area contributed by atoms with Crippen molar-refractivity contribution in [2.24, 2.45) is 5.92 Å². The van der Waals surface area contributed by atoms with Gasteiger partial charge < -0.3 is 5.32 Å². The standard InChI is InChI=1S/C14H18ClNOS/c15-13-6-5-11(18)9-12(13)14(17)16-8-7-10-3-1-2-4-10/h5-6,9-10,18H,1-4,7-8H2,(H,16,17). The van der Waals surface area contributed by atoms with Crippen molar-refractivity contribution in [3.63, 3.8) is 0 Å². The Morgan fingerprint density at radius 1 is 1.39 bits per heavy atom. The number of nitrogens with one attached hydrogen (secondary N) is 1. The van der Waals surface area contributed by atoms with E-state index in [1.54, 1.807) is 18.2 Å². The summed E-state index contributed by atoms with van der Waals surface area (Å²) < 4.78 is 0. The molecule has 0 spiro atoms. The molecule has 98 valence electrons. The van der Waals surface area contributed by atoms with Crippen molar-refractivity contribution < 1.29 is 4.79 Å². The Morgan fingerprint density at radius 2 is 2.11 bits per heavy atom. The number of benzene rings is 1. The van der Waals surface area contributed by atoms with E-state index in [1.807, 2.05) is 0 Å². The van der Waals surface area contributed by atoms with Gasteiger partial charge in [0.15, 0.2) is 0 Å². The molecule has 0 atom stereocenters. The predicted octanol–water partition coefficient (Wildman–Crippen LogP) is 3.94. The number of rotatable bonds is 4. The maximum absolute atomic E-state index is 12.0. The normalized spacial score (nSPS) is 15.9. The third kappa shape index (κ3) is 3.66. The van der Waals surface area contributed by atoms with E-state index in [1.165, 1.54) is 25.7 Å². The van der Waals surface area contributed by atoms with Crippen LogP contribution in [0.3, 0.4) is 0 Å². The minimum atomic E-state index is -0.103. The molecule has 0 saturated heterocycles. The number of thiol groups is 1. The van der Waals surface area contributed by atoms with Crippen LogP contribution in [-0.2, 0) is 0 Å². The SMILES string of the molecule is O=C(NCCC1CCCC1)c1cc(S)ccc1Cl. The fourth-order valence-electron chi connectivity index (χ4n) is 2.47. The van der Waals surface area contributed by atoms with Gasteiger partial charge in [-0.15, -0.1) is 12.6 Å². The summed E-state index contributed by atoms with van der Waals surface area (Å²) in [7, 11) is 0. The number of halogens is 1. The van der Waals surface area contributed by atoms with Crippen LogP contribution in [0.15, 0.2) is 23.1 Å². The molecule has 1 fully saturated rings. The van der Waals surface area contributed by atoms with Gasteiger partial charge in [0.2, 0.25) is 0 Å². The Kier molecular flexibility index (Phi) is 4.95. The summed E-state index contributed by atoms with van der Waals surface area (Å²) in [6.07, 6.45) is 6.37. The van der Waals surface area contributed by atoms with Gasteiger partial charge in [-0.25, -0.2) is 0 Å². The first kappa shape index (κ1) is 13.8. The second kappa shape index (κ2) is 6.48. The van der Waals surface area contributed by atoms with Gasteiger partial charge in [0.05, 0.1) is 10.6 Å². The monoisotopic (exact) mass is 283 g/mol. The van der Waals surface area contributed by atoms with Crippen LogP contribution in [0.2, 0.25) is 5.02 Å². The highest BCUT2D eigenvalue weighted by atomic mass is 35.5. The molecule has 0 aromatic heterocycles. The lowest BCUT2D eigenvalue weighted by Crippen LogP contribution is -2.25. The number of carbonyl (C=O) groups is 1. The molecule has 18 heavy (non-hydrogen) atoms. The van der Waals surface area contributed by atoms with Crippen molar-refractivity contribution in [1.82, 2.24) is 5.32 Å². The highest BCUT2D eigenvalue weighted by molar-refractivity contribution is 7.80. The fourth-order valence-corrected chi connectivity index (χ4v) is 2.88. The fraction of sp³-hybridized carbons (Fsp3) is 0.500. The molecule has 1 saturated carbocycles. The van der Waals surface area contributed by atoms with Crippen LogP contribution in [-0.4, -0.2) is 12.5 Å². The summed E-state index contributed by atoms with van der Waals surface area (Å²) in [4.78, 5) is 12.7. The van der Waals surface area contributed by atoms with Crippen molar-refractivity contribution >= 4 is 30.1 Å². The molecule has 0 bridgehead atoms. The Balaban J connectivity index is 1.85. The van der Waals surface area contributed by atoms with Crippen molar-refractivity contribution in [2.75, 3.05) is 6.54 Å². The second-order valence-corrected chi connectivity index (χ2v) is 5.78. The van der Waals surface area contributed by atoms with E-state index in [4.69, 9.17) is 11.6 Å². The van der Waals surface area contributed by atoms with Gasteiger partial charge in [0.1, 0.15) is 0 Å². The Labute approximate surface area is 119 Å². The average Bonchev–Trinajstić information content (AvgIpc) is 2.85. The lowest BCUT2D eigenvalue weighted by Gasteiger charge is -2.10. The lowest BCUT2D eigenvalue weighted by molar-refractivity contribution is 0.0951. The predicted molar refractivity (Wildman–Crippen MR) is 77.6 cm³/mol. The summed E-state index contributed by atoms with van der Waals surface area (Å²) in [6, 6.07) is 5.19. The topological polar surface area (TPSA) is 29.1 Å². The number of amides is 1. The van der Waals surface area contributed by atoms with Crippen LogP contribution < -0.4 is 5.32 Å². The third-order valence-electron chi connectivity index (χ3n) is 3.51. The largest absolute Gasteiger partial charge is 0.352 e. The van der Waals surface area contributed by atoms with Gasteiger partial charge in [0, 0.05) is 11.4 Å². The Hall–Kier alpha value is -0.670. The molecule has 0 aliphatic heterocycles. The summed E-state index contributed by atoms with van der Waals surface area (Å²) in [6.45, 7) is 0.733. The molecule has 0 heterocycles. The van der Waals surface area contributed by atoms with E-state index < -0.39 is 0 Å². The van der Waals surface area contributed by atoms with E-state index >= 15 is 0 Å². The van der Waals surface area contributed by atoms with Gasteiger partial charge in [-0.1, -0.05) is 37.3 Å². The average molecular weight is 284 g/mol. The molecule has 1 N–H and O–H groups in total. The summed E-state index contributed by atoms with van der Waals surface area (Å²) >= 11 is 10.2. The molecule has 0 radical (unpaired) electrons. The first-order valence-corrected chi connectivity index (χ1v) is 7.26. The molecule has 1 aliphatic rings. The smallest absolute Gasteiger partial charge is 0.252 e. The first-order chi connectivity index (χ1) is 8.66. The van der Waals surface area contributed by atoms with E-state index in [-0.39, 0.29) is 5.91 Å². The molecule has 1 aliphatic carbocycles. The summed E-state index contributed by atoms with van der Waals surface area (Å²) in [5, 5.41) is 3.41. The molecule has 4 heteroatoms. The van der Waals surface area contributed by atoms with Crippen molar-refractivity contribution in [1.29, 1.82) is 0 Å². The lowest BCUT2D eigenvalue weighted by atomic mass is 10.0. The maximum Gasteiger partial charge on any atom is 0.252 e. The van der Waals surface area contributed by atoms with Gasteiger partial charge in [0.25, 0.3) is 5.91 Å². The summed E-state index contributed by atoms with van der Waals surface area (Å²) in [5.74, 6) is 0.686. The molecule has 0 unspecified atom stereocenters. The zero-order valence-corrected chi connectivity index (χ0v) is 11.9. The molecule has 1 amide bonds. The Bertz CT molecular complexity index is 430. The molecule has 2 nitrogen and oxygen atoms in total. The first-order valence-electron chi connectivity index (χ1n) is 6.43. The Morgan fingerprint density at radius 3 is 2.83 bits per heavy atom. The molecular formula is C14H18ClNOS. The van der Waals surface area contributed by atoms with Gasteiger partial charge in [-0.3, -0.25) is 4.79 Å². The van der Waals surface area contributed by atoms with Crippen LogP contribution in [0.5, 0.6) is 0 Å². The van der Waals surface area contributed by atoms with Crippen molar-refractivity contribution in [2.45, 2.75) is 37.0 Å². The van der Waals surface area contributed by atoms with Crippen LogP contribution in [0.1, 0.15) is 42.5 Å². The number of hydrogen-bond donors (Lipinski definition) is 2. The van der Waals surface area contributed by atoms with Gasteiger partial charge >= 0.3 is 0 Å². The van der Waals surface area contributed by atoms with Gasteiger partial charge in [-0.2, -0.15) is 0 Å². The van der Waals surface area contributed by atoms with Crippen molar-refractivity contribution in [3.05, 3.63) is 28.8 Å². The molecule has 2 rings (SSSR count). The summed E-state index contributed by atoms with van der Waals surface area (Å²) in [5.41, 5.74) is 0.510. The van der Waals surface area contributed by atoms with Gasteiger partial charge in [-0.05, 0) is 30.5 Å². The number of carbonyl (C=O) groups excluding carboxylic acids is 1. The third-order valence-corrected chi connectivity index (χ3v) is 4.12. The van der Waals surface area contributed by atoms with Crippen molar-refractivity contribution in [3.8, 4) is 0 Å². The maximum atomic E-state index is 12.0. The molecule has 1 aromatic carbocycles. The molecule has 1 aromatic rings. The van der Waals surface area contributed by atoms with E-state index in [2.05, 4.69) is 17.9 Å². The van der Waals surface area contributed by atoms with E-state index in [0.717, 1.165) is 23.8 Å². The van der Waals surface area contributed by atoms with Crippen LogP contribution in [0, 0.1) is 5.92 Å². The molecular weight excluding hydrogens is 266 g/mol. The highest BCUT2D eigenvalue weighted by Crippen LogP contribution is 2.27. The minimum Gasteiger partial charge on any atom is -0.352 e. The second-order valence-electron chi connectivity index (χ2n) is 4.86. The zero-order chi connectivity index (χ0) is 13.0. The number of hydrogen-bond acceptors (Lipinski definition) is 2. The van der Waals surface area contributed by atoms with E-state index in [9.17, 15) is 4.79 Å².